The van der Waals surface area contributed by atoms with E-state index in [0.717, 1.165) is 5.52 Å². The van der Waals surface area contributed by atoms with Gasteiger partial charge in [-0.15, -0.1) is 18.3 Å². The smallest absolute Gasteiger partial charge is 0.313 e. The molecule has 3 aromatic rings. The average molecular weight is 741 g/mol. The lowest BCUT2D eigenvalue weighted by atomic mass is 9.70. The Hall–Kier alpha value is -4.88. The molecule has 2 aromatic carbocycles. The van der Waals surface area contributed by atoms with E-state index in [1.807, 2.05) is 75.4 Å². The van der Waals surface area contributed by atoms with E-state index in [4.69, 9.17) is 9.47 Å². The van der Waals surface area contributed by atoms with Crippen molar-refractivity contribution in [1.29, 1.82) is 0 Å². The maximum atomic E-state index is 15.0. The van der Waals surface area contributed by atoms with Crippen LogP contribution in [0.1, 0.15) is 64.5 Å². The van der Waals surface area contributed by atoms with E-state index in [2.05, 4.69) is 23.5 Å². The molecule has 6 rings (SSSR count). The Morgan fingerprint density at radius 3 is 2.50 bits per heavy atom. The van der Waals surface area contributed by atoms with E-state index in [9.17, 15) is 19.5 Å². The van der Waals surface area contributed by atoms with E-state index >= 15 is 4.79 Å². The summed E-state index contributed by atoms with van der Waals surface area (Å²) in [5, 5.41) is 19.3. The zero-order valence-corrected chi connectivity index (χ0v) is 31.6. The number of likely N-dealkylation sites (N-methyl/N-ethyl adjacent to an activating group) is 1. The number of ether oxygens (including phenoxy) is 2. The molecule has 1 N–H and O–H groups in total. The van der Waals surface area contributed by atoms with E-state index in [1.54, 1.807) is 33.7 Å². The van der Waals surface area contributed by atoms with Crippen LogP contribution in [-0.4, -0.2) is 109 Å². The van der Waals surface area contributed by atoms with Crippen molar-refractivity contribution in [3.05, 3.63) is 85.5 Å². The SMILES string of the molecule is C=CCCC(=O)N(C)[C@@H](C)[C@@H](OC(=O)[C@@H]1[C@H]2C(=O)N([C@@H](CO)CC(C)C)[C@H](C(=O)N(CC=C)Cn3nnc4ccccc43)[C@]23CC[C@H]1O3)c1ccccc1. The van der Waals surface area contributed by atoms with Crippen LogP contribution in [0.3, 0.4) is 0 Å². The number of aliphatic hydroxyl groups is 1. The number of esters is 1. The van der Waals surface area contributed by atoms with Crippen molar-refractivity contribution in [2.24, 2.45) is 17.8 Å². The first-order valence-corrected chi connectivity index (χ1v) is 18.9. The van der Waals surface area contributed by atoms with Crippen LogP contribution < -0.4 is 0 Å². The number of benzene rings is 2. The fourth-order valence-electron chi connectivity index (χ4n) is 8.70. The number of rotatable bonds is 17. The minimum atomic E-state index is -1.33. The Labute approximate surface area is 316 Å². The van der Waals surface area contributed by atoms with Crippen LogP contribution in [0.15, 0.2) is 79.9 Å². The van der Waals surface area contributed by atoms with Crippen molar-refractivity contribution in [1.82, 2.24) is 29.7 Å². The molecule has 1 aromatic heterocycles. The Morgan fingerprint density at radius 1 is 1.09 bits per heavy atom. The monoisotopic (exact) mass is 740 g/mol. The molecule has 54 heavy (non-hydrogen) atoms. The standard InChI is InChI=1S/C41H52N6O7/c1-7-9-19-33(49)44(6)27(5)36(28-15-11-10-12-16-28)53-40(52)34-32-20-21-41(54-32)35(34)38(50)47(29(24-48)23-26(3)4)37(41)39(51)45(22-8-2)25-46-31-18-14-13-17-30(31)42-43-46/h7-8,10-18,26-27,29,32,34-37,48H,1-2,9,19-25H2,3-6H3/t27-,29+,32+,34-,35-,36+,37+,41-/m0/s1. The number of aromatic nitrogens is 3. The van der Waals surface area contributed by atoms with Gasteiger partial charge in [-0.3, -0.25) is 19.2 Å². The highest BCUT2D eigenvalue weighted by Crippen LogP contribution is 2.59. The van der Waals surface area contributed by atoms with E-state index in [0.29, 0.717) is 36.8 Å². The molecule has 288 valence electrons. The molecule has 3 amide bonds. The van der Waals surface area contributed by atoms with Crippen LogP contribution in [-0.2, 0) is 35.3 Å². The molecule has 3 aliphatic heterocycles. The van der Waals surface area contributed by atoms with Crippen molar-refractivity contribution in [2.75, 3.05) is 20.2 Å². The van der Waals surface area contributed by atoms with Gasteiger partial charge in [0.05, 0.1) is 42.1 Å². The highest BCUT2D eigenvalue weighted by atomic mass is 16.6. The van der Waals surface area contributed by atoms with Gasteiger partial charge < -0.3 is 29.3 Å². The van der Waals surface area contributed by atoms with Gasteiger partial charge in [-0.05, 0) is 56.2 Å². The summed E-state index contributed by atoms with van der Waals surface area (Å²) in [7, 11) is 1.69. The number of fused-ring (bicyclic) bond motifs is 2. The number of hydrogen-bond acceptors (Lipinski definition) is 9. The highest BCUT2D eigenvalue weighted by molar-refractivity contribution is 5.98. The number of aliphatic hydroxyl groups excluding tert-OH is 1. The Balaban J connectivity index is 1.35. The number of likely N-dealkylation sites (tertiary alicyclic amines) is 1. The third-order valence-corrected chi connectivity index (χ3v) is 11.4. The number of para-hydroxylation sites is 1. The van der Waals surface area contributed by atoms with Crippen LogP contribution in [0.25, 0.3) is 11.0 Å². The van der Waals surface area contributed by atoms with E-state index in [1.165, 1.54) is 4.90 Å². The van der Waals surface area contributed by atoms with Crippen molar-refractivity contribution < 1.29 is 33.8 Å². The fourth-order valence-corrected chi connectivity index (χ4v) is 8.70. The van der Waals surface area contributed by atoms with Gasteiger partial charge in [-0.1, -0.05) is 73.7 Å². The predicted octanol–water partition coefficient (Wildman–Crippen LogP) is 4.28. The summed E-state index contributed by atoms with van der Waals surface area (Å²) in [6.45, 7) is 13.2. The van der Waals surface area contributed by atoms with Gasteiger partial charge >= 0.3 is 5.97 Å². The molecule has 2 bridgehead atoms. The average Bonchev–Trinajstić information content (AvgIpc) is 3.93. The molecule has 8 atom stereocenters. The van der Waals surface area contributed by atoms with Crippen LogP contribution in [0.4, 0.5) is 0 Å². The third kappa shape index (κ3) is 7.06. The van der Waals surface area contributed by atoms with Crippen LogP contribution in [0.2, 0.25) is 0 Å². The first-order valence-electron chi connectivity index (χ1n) is 18.9. The summed E-state index contributed by atoms with van der Waals surface area (Å²) in [6, 6.07) is 14.3. The molecule has 0 aliphatic carbocycles. The summed E-state index contributed by atoms with van der Waals surface area (Å²) >= 11 is 0. The molecule has 13 heteroatoms. The van der Waals surface area contributed by atoms with Gasteiger partial charge in [-0.2, -0.15) is 0 Å². The van der Waals surface area contributed by atoms with Crippen LogP contribution >= 0.6 is 0 Å². The first kappa shape index (κ1) is 38.8. The quantitative estimate of drug-likeness (QED) is 0.158. The normalized spacial score (nSPS) is 24.6. The number of carbonyl (C=O) groups excluding carboxylic acids is 4. The molecule has 1 spiro atoms. The van der Waals surface area contributed by atoms with E-state index in [-0.39, 0.29) is 38.1 Å². The Morgan fingerprint density at radius 2 is 1.81 bits per heavy atom. The maximum Gasteiger partial charge on any atom is 0.313 e. The zero-order valence-electron chi connectivity index (χ0n) is 31.6. The minimum Gasteiger partial charge on any atom is -0.455 e. The molecular formula is C41H52N6O7. The lowest BCUT2D eigenvalue weighted by Crippen LogP contribution is -2.59. The third-order valence-electron chi connectivity index (χ3n) is 11.4. The van der Waals surface area contributed by atoms with Crippen molar-refractivity contribution in [3.63, 3.8) is 0 Å². The molecule has 4 heterocycles. The second kappa shape index (κ2) is 16.2. The van der Waals surface area contributed by atoms with E-state index < -0.39 is 65.6 Å². The summed E-state index contributed by atoms with van der Waals surface area (Å²) in [5.74, 6) is -3.48. The molecule has 3 saturated heterocycles. The zero-order chi connectivity index (χ0) is 38.7. The van der Waals surface area contributed by atoms with Gasteiger partial charge in [0, 0.05) is 20.0 Å². The highest BCUT2D eigenvalue weighted by Gasteiger charge is 2.75. The van der Waals surface area contributed by atoms with Crippen LogP contribution in [0.5, 0.6) is 0 Å². The second-order valence-corrected chi connectivity index (χ2v) is 15.2. The molecule has 13 nitrogen and oxygen atoms in total. The van der Waals surface area contributed by atoms with Gasteiger partial charge in [0.2, 0.25) is 17.7 Å². The lowest BCUT2D eigenvalue weighted by molar-refractivity contribution is -0.165. The lowest BCUT2D eigenvalue weighted by Gasteiger charge is -2.39. The van der Waals surface area contributed by atoms with Gasteiger partial charge in [0.15, 0.2) is 0 Å². The summed E-state index contributed by atoms with van der Waals surface area (Å²) < 4.78 is 14.7. The topological polar surface area (TPSA) is 147 Å². The Bertz CT molecular complexity index is 1860. The van der Waals surface area contributed by atoms with Crippen molar-refractivity contribution >= 4 is 34.7 Å². The number of amides is 3. The van der Waals surface area contributed by atoms with Crippen molar-refractivity contribution in [3.8, 4) is 0 Å². The predicted molar refractivity (Wildman–Crippen MR) is 201 cm³/mol. The minimum absolute atomic E-state index is 0.0309. The summed E-state index contributed by atoms with van der Waals surface area (Å²) in [6.07, 6.45) is 3.82. The fraction of sp³-hybridized carbons (Fsp3) is 0.512. The van der Waals surface area contributed by atoms with Crippen molar-refractivity contribution in [2.45, 2.75) is 95.5 Å². The van der Waals surface area contributed by atoms with Gasteiger partial charge in [0.25, 0.3) is 0 Å². The van der Waals surface area contributed by atoms with Gasteiger partial charge in [0.1, 0.15) is 29.9 Å². The molecular weight excluding hydrogens is 688 g/mol. The summed E-state index contributed by atoms with van der Waals surface area (Å²) in [5.41, 5.74) is 0.777. The maximum absolute atomic E-state index is 15.0. The molecule has 3 fully saturated rings. The number of allylic oxidation sites excluding steroid dienone is 1. The first-order chi connectivity index (χ1) is 26.0. The second-order valence-electron chi connectivity index (χ2n) is 15.2. The molecule has 0 saturated carbocycles. The molecule has 0 radical (unpaired) electrons. The Kier molecular flexibility index (Phi) is 11.7. The molecule has 0 unspecified atom stereocenters. The van der Waals surface area contributed by atoms with Gasteiger partial charge in [-0.25, -0.2) is 4.68 Å². The summed E-state index contributed by atoms with van der Waals surface area (Å²) in [4.78, 5) is 62.2. The largest absolute Gasteiger partial charge is 0.455 e. The number of carbonyl (C=O) groups is 4. The molecule has 3 aliphatic rings. The number of nitrogens with zero attached hydrogens (tertiary/aromatic N) is 6. The number of hydrogen-bond donors (Lipinski definition) is 1. The van der Waals surface area contributed by atoms with Crippen LogP contribution in [0, 0.1) is 17.8 Å².